The molecule has 0 heterocycles. The summed E-state index contributed by atoms with van der Waals surface area (Å²) in [4.78, 5) is 0. The zero-order valence-electron chi connectivity index (χ0n) is 11.2. The molecule has 0 amide bonds. The molecule has 1 rings (SSSR count). The number of halogens is 1. The fourth-order valence-electron chi connectivity index (χ4n) is 1.52. The molecule has 0 bridgehead atoms. The third-order valence-corrected chi connectivity index (χ3v) is 2.78. The van der Waals surface area contributed by atoms with E-state index in [4.69, 9.17) is 21.1 Å². The summed E-state index contributed by atoms with van der Waals surface area (Å²) in [5.74, 6) is 0.757. The van der Waals surface area contributed by atoms with Crippen LogP contribution in [-0.4, -0.2) is 32.9 Å². The van der Waals surface area contributed by atoms with Crippen LogP contribution >= 0.6 is 11.6 Å². The molecule has 0 unspecified atom stereocenters. The van der Waals surface area contributed by atoms with Gasteiger partial charge in [-0.25, -0.2) is 0 Å². The molecule has 4 heteroatoms. The fourth-order valence-corrected chi connectivity index (χ4v) is 1.70. The highest BCUT2D eigenvalue weighted by Crippen LogP contribution is 2.24. The maximum absolute atomic E-state index is 6.03. The van der Waals surface area contributed by atoms with Gasteiger partial charge in [0, 0.05) is 19.8 Å². The molecule has 1 aromatic rings. The molecule has 3 nitrogen and oxygen atoms in total. The highest BCUT2D eigenvalue weighted by molar-refractivity contribution is 6.32. The minimum absolute atomic E-state index is 0.623. The number of ether oxygens (including phenoxy) is 2. The average Bonchev–Trinajstić information content (AvgIpc) is 2.36. The number of aryl methyl sites for hydroxylation is 1. The van der Waals surface area contributed by atoms with E-state index in [0.29, 0.717) is 11.6 Å². The van der Waals surface area contributed by atoms with E-state index in [9.17, 15) is 0 Å². The molecule has 0 aliphatic rings. The largest absolute Gasteiger partial charge is 0.491 e. The molecule has 0 aliphatic heterocycles. The summed E-state index contributed by atoms with van der Waals surface area (Å²) < 4.78 is 10.9. The van der Waals surface area contributed by atoms with E-state index in [1.54, 1.807) is 0 Å². The van der Waals surface area contributed by atoms with Gasteiger partial charge in [-0.3, -0.25) is 0 Å². The highest BCUT2D eigenvalue weighted by atomic mass is 35.5. The van der Waals surface area contributed by atoms with Crippen molar-refractivity contribution in [3.63, 3.8) is 0 Å². The lowest BCUT2D eigenvalue weighted by atomic mass is 10.2. The summed E-state index contributed by atoms with van der Waals surface area (Å²) in [6.07, 6.45) is 1.03. The van der Waals surface area contributed by atoms with E-state index in [1.165, 1.54) is 0 Å². The number of hydrogen-bond acceptors (Lipinski definition) is 3. The summed E-state index contributed by atoms with van der Waals surface area (Å²) in [5.41, 5.74) is 1.15. The first kappa shape index (κ1) is 15.3. The zero-order chi connectivity index (χ0) is 13.2. The van der Waals surface area contributed by atoms with Crippen LogP contribution in [0.1, 0.15) is 18.9 Å². The molecule has 0 saturated carbocycles. The molecule has 1 N–H and O–H groups in total. The van der Waals surface area contributed by atoms with Gasteiger partial charge in [0.1, 0.15) is 12.4 Å². The smallest absolute Gasteiger partial charge is 0.138 e. The fraction of sp³-hybridized carbons (Fsp3) is 0.571. The first-order chi connectivity index (χ1) is 8.74. The number of hydrogen-bond donors (Lipinski definition) is 1. The Morgan fingerprint density at radius 2 is 2.06 bits per heavy atom. The maximum Gasteiger partial charge on any atom is 0.138 e. The predicted molar refractivity (Wildman–Crippen MR) is 75.7 cm³/mol. The van der Waals surface area contributed by atoms with Crippen LogP contribution in [0.3, 0.4) is 0 Å². The molecular formula is C14H22ClNO2. The van der Waals surface area contributed by atoms with Gasteiger partial charge in [-0.05, 0) is 44.5 Å². The van der Waals surface area contributed by atoms with Gasteiger partial charge in [-0.2, -0.15) is 0 Å². The number of rotatable bonds is 9. The second-order valence-corrected chi connectivity index (χ2v) is 4.49. The van der Waals surface area contributed by atoms with Gasteiger partial charge in [-0.1, -0.05) is 17.7 Å². The monoisotopic (exact) mass is 271 g/mol. The Morgan fingerprint density at radius 1 is 1.22 bits per heavy atom. The molecular weight excluding hydrogens is 250 g/mol. The van der Waals surface area contributed by atoms with Crippen molar-refractivity contribution in [2.45, 2.75) is 20.3 Å². The average molecular weight is 272 g/mol. The Bertz CT molecular complexity index is 345. The Labute approximate surface area is 114 Å². The van der Waals surface area contributed by atoms with E-state index in [2.05, 4.69) is 5.32 Å². The van der Waals surface area contributed by atoms with Gasteiger partial charge in [0.25, 0.3) is 0 Å². The molecule has 0 aliphatic carbocycles. The van der Waals surface area contributed by atoms with Crippen LogP contribution in [-0.2, 0) is 4.74 Å². The van der Waals surface area contributed by atoms with E-state index < -0.39 is 0 Å². The van der Waals surface area contributed by atoms with Gasteiger partial charge < -0.3 is 14.8 Å². The molecule has 0 spiro atoms. The Balaban J connectivity index is 2.09. The van der Waals surface area contributed by atoms with Gasteiger partial charge in [0.05, 0.1) is 5.02 Å². The van der Waals surface area contributed by atoms with E-state index in [1.807, 2.05) is 32.0 Å². The topological polar surface area (TPSA) is 30.5 Å². The van der Waals surface area contributed by atoms with E-state index >= 15 is 0 Å². The molecule has 0 fully saturated rings. The van der Waals surface area contributed by atoms with Crippen molar-refractivity contribution < 1.29 is 9.47 Å². The van der Waals surface area contributed by atoms with Crippen molar-refractivity contribution >= 4 is 11.6 Å². The second-order valence-electron chi connectivity index (χ2n) is 4.08. The predicted octanol–water partition coefficient (Wildman–Crippen LogP) is 3.04. The van der Waals surface area contributed by atoms with Gasteiger partial charge in [-0.15, -0.1) is 0 Å². The summed E-state index contributed by atoms with van der Waals surface area (Å²) in [6, 6.07) is 5.79. The minimum Gasteiger partial charge on any atom is -0.491 e. The summed E-state index contributed by atoms with van der Waals surface area (Å²) >= 11 is 6.03. The van der Waals surface area contributed by atoms with Crippen LogP contribution in [0.4, 0.5) is 0 Å². The van der Waals surface area contributed by atoms with Gasteiger partial charge in [0.15, 0.2) is 0 Å². The molecule has 0 atom stereocenters. The molecule has 18 heavy (non-hydrogen) atoms. The summed E-state index contributed by atoms with van der Waals surface area (Å²) in [6.45, 7) is 8.02. The van der Waals surface area contributed by atoms with Gasteiger partial charge in [0.2, 0.25) is 0 Å². The molecule has 0 radical (unpaired) electrons. The number of nitrogens with one attached hydrogen (secondary N) is 1. The molecule has 102 valence electrons. The van der Waals surface area contributed by atoms with Crippen molar-refractivity contribution in [3.05, 3.63) is 28.8 Å². The normalized spacial score (nSPS) is 10.6. The third kappa shape index (κ3) is 6.24. The van der Waals surface area contributed by atoms with Crippen molar-refractivity contribution in [2.24, 2.45) is 0 Å². The quantitative estimate of drug-likeness (QED) is 0.701. The van der Waals surface area contributed by atoms with Gasteiger partial charge >= 0.3 is 0 Å². The van der Waals surface area contributed by atoms with Crippen molar-refractivity contribution in [2.75, 3.05) is 32.9 Å². The van der Waals surface area contributed by atoms with Crippen LogP contribution in [0.15, 0.2) is 18.2 Å². The third-order valence-electron chi connectivity index (χ3n) is 2.47. The molecule has 0 aromatic heterocycles. The lowest BCUT2D eigenvalue weighted by Gasteiger charge is -2.09. The first-order valence-electron chi connectivity index (χ1n) is 6.41. The van der Waals surface area contributed by atoms with Crippen LogP contribution in [0.2, 0.25) is 5.02 Å². The van der Waals surface area contributed by atoms with Crippen LogP contribution in [0, 0.1) is 6.92 Å². The minimum atomic E-state index is 0.623. The van der Waals surface area contributed by atoms with E-state index in [-0.39, 0.29) is 0 Å². The van der Waals surface area contributed by atoms with E-state index in [0.717, 1.165) is 44.0 Å². The standard InChI is InChI=1S/C14H22ClNO2/c1-3-17-9-4-7-16-8-10-18-14-11-12(2)5-6-13(14)15/h5-6,11,16H,3-4,7-10H2,1-2H3. The molecule has 0 saturated heterocycles. The van der Waals surface area contributed by atoms with Crippen molar-refractivity contribution in [1.82, 2.24) is 5.32 Å². The van der Waals surface area contributed by atoms with Crippen LogP contribution in [0.25, 0.3) is 0 Å². The van der Waals surface area contributed by atoms with Crippen LogP contribution in [0.5, 0.6) is 5.75 Å². The zero-order valence-corrected chi connectivity index (χ0v) is 11.9. The second kappa shape index (κ2) is 9.20. The first-order valence-corrected chi connectivity index (χ1v) is 6.79. The Morgan fingerprint density at radius 3 is 2.83 bits per heavy atom. The Kier molecular flexibility index (Phi) is 7.81. The van der Waals surface area contributed by atoms with Crippen molar-refractivity contribution in [1.29, 1.82) is 0 Å². The lowest BCUT2D eigenvalue weighted by molar-refractivity contribution is 0.144. The van der Waals surface area contributed by atoms with Crippen LogP contribution < -0.4 is 10.1 Å². The van der Waals surface area contributed by atoms with Crippen molar-refractivity contribution in [3.8, 4) is 5.75 Å². The summed E-state index contributed by atoms with van der Waals surface area (Å²) in [7, 11) is 0. The SMILES string of the molecule is CCOCCCNCCOc1cc(C)ccc1Cl. The maximum atomic E-state index is 6.03. The lowest BCUT2D eigenvalue weighted by Crippen LogP contribution is -2.23. The number of benzene rings is 1. The Hall–Kier alpha value is -0.770. The highest BCUT2D eigenvalue weighted by Gasteiger charge is 2.00. The summed E-state index contributed by atoms with van der Waals surface area (Å²) in [5, 5.41) is 3.96. The molecule has 1 aromatic carbocycles.